The van der Waals surface area contributed by atoms with Gasteiger partial charge in [-0.25, -0.2) is 9.36 Å². The van der Waals surface area contributed by atoms with E-state index in [9.17, 15) is 14.4 Å². The molecule has 0 aliphatic carbocycles. The number of fused-ring (bicyclic) bond motifs is 2. The van der Waals surface area contributed by atoms with E-state index in [0.717, 1.165) is 40.8 Å². The van der Waals surface area contributed by atoms with Crippen LogP contribution in [0.3, 0.4) is 0 Å². The number of carbonyl (C=O) groups is 2. The number of amides is 1. The van der Waals surface area contributed by atoms with Gasteiger partial charge in [0.25, 0.3) is 5.91 Å². The summed E-state index contributed by atoms with van der Waals surface area (Å²) in [6, 6.07) is 1.95. The van der Waals surface area contributed by atoms with Crippen molar-refractivity contribution >= 4 is 22.9 Å². The van der Waals surface area contributed by atoms with E-state index in [1.807, 2.05) is 26.8 Å². The van der Waals surface area contributed by atoms with Crippen LogP contribution in [-0.2, 0) is 11.2 Å². The molecule has 6 heteroatoms. The van der Waals surface area contributed by atoms with Crippen molar-refractivity contribution in [3.63, 3.8) is 0 Å². The molecular formula is C24H33N3O3. The lowest BCUT2D eigenvalue weighted by Gasteiger charge is -2.07. The van der Waals surface area contributed by atoms with Gasteiger partial charge in [0, 0.05) is 24.2 Å². The molecule has 0 bridgehead atoms. The minimum Gasteiger partial charge on any atom is -0.356 e. The van der Waals surface area contributed by atoms with Crippen LogP contribution in [0.25, 0.3) is 11.1 Å². The van der Waals surface area contributed by atoms with E-state index < -0.39 is 0 Å². The summed E-state index contributed by atoms with van der Waals surface area (Å²) in [6.45, 7) is 12.7. The molecule has 3 heterocycles. The molecule has 0 saturated heterocycles. The van der Waals surface area contributed by atoms with Crippen LogP contribution >= 0.6 is 0 Å². The quantitative estimate of drug-likeness (QED) is 0.666. The molecule has 6 nitrogen and oxygen atoms in total. The Labute approximate surface area is 178 Å². The predicted octanol–water partition coefficient (Wildman–Crippen LogP) is 4.04. The molecule has 0 atom stereocenters. The largest absolute Gasteiger partial charge is 0.356 e. The van der Waals surface area contributed by atoms with Gasteiger partial charge in [-0.1, -0.05) is 20.8 Å². The van der Waals surface area contributed by atoms with Crippen LogP contribution in [0.5, 0.6) is 0 Å². The van der Waals surface area contributed by atoms with E-state index in [2.05, 4.69) is 19.2 Å². The first kappa shape index (κ1) is 22.1. The van der Waals surface area contributed by atoms with Crippen LogP contribution in [0.1, 0.15) is 80.7 Å². The number of nitrogens with zero attached hydrogens (tertiary/aromatic N) is 2. The van der Waals surface area contributed by atoms with E-state index in [4.69, 9.17) is 0 Å². The summed E-state index contributed by atoms with van der Waals surface area (Å²) in [6.07, 6.45) is 3.76. The van der Waals surface area contributed by atoms with Gasteiger partial charge in [-0.05, 0) is 75.1 Å². The number of hydrogen-bond donors (Lipinski definition) is 1. The van der Waals surface area contributed by atoms with Gasteiger partial charge in [-0.3, -0.25) is 14.0 Å². The third-order valence-electron chi connectivity index (χ3n) is 6.27. The van der Waals surface area contributed by atoms with Crippen molar-refractivity contribution in [3.05, 3.63) is 44.6 Å². The average molecular weight is 412 g/mol. The minimum atomic E-state index is -0.319. The van der Waals surface area contributed by atoms with Gasteiger partial charge in [-0.15, -0.1) is 0 Å². The Kier molecular flexibility index (Phi) is 6.34. The van der Waals surface area contributed by atoms with Crippen molar-refractivity contribution in [2.45, 2.75) is 73.6 Å². The highest BCUT2D eigenvalue weighted by molar-refractivity contribution is 6.08. The van der Waals surface area contributed by atoms with Gasteiger partial charge in [0.2, 0.25) is 5.91 Å². The number of allylic oxidation sites excluding steroid dienone is 2. The van der Waals surface area contributed by atoms with Crippen molar-refractivity contribution < 1.29 is 9.59 Å². The summed E-state index contributed by atoms with van der Waals surface area (Å²) < 4.78 is 2.91. The fourth-order valence-corrected chi connectivity index (χ4v) is 4.51. The molecule has 2 aromatic heterocycles. The predicted molar refractivity (Wildman–Crippen MR) is 120 cm³/mol. The second-order valence-electron chi connectivity index (χ2n) is 8.71. The van der Waals surface area contributed by atoms with Crippen molar-refractivity contribution in [2.75, 3.05) is 6.54 Å². The Balaban J connectivity index is 1.87. The zero-order valence-electron chi connectivity index (χ0n) is 19.0. The molecule has 1 N–H and O–H groups in total. The van der Waals surface area contributed by atoms with Crippen molar-refractivity contribution in [1.29, 1.82) is 0 Å². The summed E-state index contributed by atoms with van der Waals surface area (Å²) in [5.41, 5.74) is 5.61. The number of carbonyl (C=O) groups excluding carboxylic acids is 2. The summed E-state index contributed by atoms with van der Waals surface area (Å²) in [4.78, 5) is 38.1. The molecular weight excluding hydrogens is 378 g/mol. The molecule has 1 amide bonds. The van der Waals surface area contributed by atoms with Crippen molar-refractivity contribution in [1.82, 2.24) is 14.3 Å². The van der Waals surface area contributed by atoms with Crippen molar-refractivity contribution in [3.8, 4) is 0 Å². The average Bonchev–Trinajstić information content (AvgIpc) is 3.08. The van der Waals surface area contributed by atoms with Gasteiger partial charge in [0.05, 0.1) is 11.2 Å². The monoisotopic (exact) mass is 411 g/mol. The standard InChI is InChI=1S/C24H33N3O3/c1-7-18-16(5)23(29)27-21(18)13-20-15(4)19(17(6)26(20)24(27)30)10-11-22(28)25-12-8-9-14(2)3/h13-14H,7-12H2,1-6H3,(H,25,28). The maximum Gasteiger partial charge on any atom is 0.340 e. The fourth-order valence-electron chi connectivity index (χ4n) is 4.51. The summed E-state index contributed by atoms with van der Waals surface area (Å²) in [5.74, 6) is 0.441. The number of aryl methyl sites for hydroxylation is 2. The highest BCUT2D eigenvalue weighted by Gasteiger charge is 2.29. The SMILES string of the molecule is CCC1=C(C)C(=O)n2c1cc1c(C)c(CCC(=O)NCCCC(C)C)c(C)n1c2=O. The second-order valence-corrected chi connectivity index (χ2v) is 8.71. The lowest BCUT2D eigenvalue weighted by atomic mass is 10.0. The van der Waals surface area contributed by atoms with E-state index in [0.29, 0.717) is 43.0 Å². The van der Waals surface area contributed by atoms with E-state index >= 15 is 0 Å². The summed E-state index contributed by atoms with van der Waals surface area (Å²) in [5, 5.41) is 2.99. The Morgan fingerprint density at radius 3 is 2.50 bits per heavy atom. The number of nitrogens with one attached hydrogen (secondary N) is 1. The van der Waals surface area contributed by atoms with Gasteiger partial charge < -0.3 is 5.32 Å². The molecule has 0 spiro atoms. The Bertz CT molecular complexity index is 1100. The smallest absolute Gasteiger partial charge is 0.340 e. The molecule has 0 fully saturated rings. The highest BCUT2D eigenvalue weighted by Crippen LogP contribution is 2.31. The first-order chi connectivity index (χ1) is 14.2. The second kappa shape index (κ2) is 8.62. The summed E-state index contributed by atoms with van der Waals surface area (Å²) in [7, 11) is 0. The van der Waals surface area contributed by atoms with Crippen molar-refractivity contribution in [2.24, 2.45) is 5.92 Å². The maximum atomic E-state index is 13.2. The van der Waals surface area contributed by atoms with Crippen LogP contribution in [-0.4, -0.2) is 27.3 Å². The molecule has 30 heavy (non-hydrogen) atoms. The van der Waals surface area contributed by atoms with Gasteiger partial charge in [-0.2, -0.15) is 0 Å². The number of hydrogen-bond acceptors (Lipinski definition) is 3. The molecule has 2 aromatic rings. The Morgan fingerprint density at radius 2 is 1.87 bits per heavy atom. The van der Waals surface area contributed by atoms with Crippen LogP contribution < -0.4 is 11.0 Å². The first-order valence-corrected chi connectivity index (χ1v) is 11.0. The molecule has 1 aliphatic rings. The Morgan fingerprint density at radius 1 is 1.17 bits per heavy atom. The Hall–Kier alpha value is -2.63. The summed E-state index contributed by atoms with van der Waals surface area (Å²) >= 11 is 0. The number of aromatic nitrogens is 2. The third kappa shape index (κ3) is 3.75. The molecule has 1 aliphatic heterocycles. The van der Waals surface area contributed by atoms with Gasteiger partial charge >= 0.3 is 5.69 Å². The van der Waals surface area contributed by atoms with E-state index in [1.54, 1.807) is 11.3 Å². The van der Waals surface area contributed by atoms with E-state index in [1.165, 1.54) is 4.57 Å². The lowest BCUT2D eigenvalue weighted by Crippen LogP contribution is -2.31. The zero-order chi connectivity index (χ0) is 22.2. The van der Waals surface area contributed by atoms with Crippen LogP contribution in [0.2, 0.25) is 0 Å². The molecule has 162 valence electrons. The maximum absolute atomic E-state index is 13.2. The highest BCUT2D eigenvalue weighted by atomic mass is 16.2. The van der Waals surface area contributed by atoms with Gasteiger partial charge in [0.1, 0.15) is 0 Å². The molecule has 0 radical (unpaired) electrons. The van der Waals surface area contributed by atoms with E-state index in [-0.39, 0.29) is 17.5 Å². The minimum absolute atomic E-state index is 0.0361. The topological polar surface area (TPSA) is 72.6 Å². The fraction of sp³-hybridized carbons (Fsp3) is 0.542. The number of rotatable bonds is 8. The lowest BCUT2D eigenvalue weighted by molar-refractivity contribution is -0.121. The first-order valence-electron chi connectivity index (χ1n) is 11.0. The molecule has 0 unspecified atom stereocenters. The van der Waals surface area contributed by atoms with Crippen LogP contribution in [0, 0.1) is 19.8 Å². The van der Waals surface area contributed by atoms with Crippen LogP contribution in [0.4, 0.5) is 0 Å². The molecule has 0 aromatic carbocycles. The van der Waals surface area contributed by atoms with Gasteiger partial charge in [0.15, 0.2) is 0 Å². The normalized spacial score (nSPS) is 13.6. The molecule has 3 rings (SSSR count). The zero-order valence-corrected chi connectivity index (χ0v) is 19.0. The van der Waals surface area contributed by atoms with Crippen LogP contribution in [0.15, 0.2) is 16.4 Å². The third-order valence-corrected chi connectivity index (χ3v) is 6.27. The molecule has 0 saturated carbocycles.